The number of amides is 2. The lowest BCUT2D eigenvalue weighted by atomic mass is 9.96. The van der Waals surface area contributed by atoms with Crippen LogP contribution in [0, 0.1) is 21.4 Å². The lowest BCUT2D eigenvalue weighted by Gasteiger charge is -2.15. The van der Waals surface area contributed by atoms with Crippen LogP contribution >= 0.6 is 0 Å². The fourth-order valence-electron chi connectivity index (χ4n) is 2.58. The standard InChI is InChI=1S/C18H11N3O5/c1-10-13(17(22)20-18(23)14(10)9-19)8-11-6-7-16(26-11)12-4-2-3-5-15(12)21(24)25/h2-8H,1H3,(H,20,22,23)/b13-8-. The summed E-state index contributed by atoms with van der Waals surface area (Å²) in [7, 11) is 0. The lowest BCUT2D eigenvalue weighted by Crippen LogP contribution is -2.37. The first kappa shape index (κ1) is 16.9. The van der Waals surface area contributed by atoms with Crippen LogP contribution in [0.3, 0.4) is 0 Å². The summed E-state index contributed by atoms with van der Waals surface area (Å²) in [5, 5.41) is 22.3. The Morgan fingerprint density at radius 3 is 2.62 bits per heavy atom. The molecule has 0 fully saturated rings. The molecule has 0 bridgehead atoms. The third kappa shape index (κ3) is 2.89. The molecule has 1 aromatic heterocycles. The van der Waals surface area contributed by atoms with Crippen LogP contribution in [0.2, 0.25) is 0 Å². The van der Waals surface area contributed by atoms with Crippen molar-refractivity contribution in [3.05, 3.63) is 69.0 Å². The van der Waals surface area contributed by atoms with E-state index in [-0.39, 0.29) is 33.9 Å². The van der Waals surface area contributed by atoms with Crippen LogP contribution in [0.5, 0.6) is 0 Å². The Hall–Kier alpha value is -3.99. The molecule has 8 heteroatoms. The number of hydrogen-bond donors (Lipinski definition) is 1. The summed E-state index contributed by atoms with van der Waals surface area (Å²) in [5.74, 6) is -0.866. The van der Waals surface area contributed by atoms with Gasteiger partial charge in [-0.1, -0.05) is 12.1 Å². The number of rotatable bonds is 3. The number of nitro groups is 1. The number of hydrogen-bond acceptors (Lipinski definition) is 6. The van der Waals surface area contributed by atoms with E-state index in [0.29, 0.717) is 5.56 Å². The summed E-state index contributed by atoms with van der Waals surface area (Å²) in [6.07, 6.45) is 1.38. The number of nitriles is 1. The SMILES string of the molecule is CC1=C(C#N)C(=O)NC(=O)/C1=C\c1ccc(-c2ccccc2[N+](=O)[O-])o1. The molecule has 0 spiro atoms. The number of furan rings is 1. The van der Waals surface area contributed by atoms with Gasteiger partial charge in [-0.15, -0.1) is 0 Å². The molecule has 2 aromatic rings. The Bertz CT molecular complexity index is 1050. The minimum absolute atomic E-state index is 0.107. The molecular formula is C18H11N3O5. The number of nitrogens with one attached hydrogen (secondary N) is 1. The molecule has 0 saturated carbocycles. The Balaban J connectivity index is 2.04. The van der Waals surface area contributed by atoms with Crippen LogP contribution in [0.1, 0.15) is 12.7 Å². The molecule has 0 aliphatic carbocycles. The van der Waals surface area contributed by atoms with Crippen LogP contribution in [0.4, 0.5) is 5.69 Å². The van der Waals surface area contributed by atoms with Gasteiger partial charge in [-0.3, -0.25) is 25.0 Å². The van der Waals surface area contributed by atoms with Crippen LogP contribution < -0.4 is 5.32 Å². The van der Waals surface area contributed by atoms with E-state index in [1.807, 2.05) is 0 Å². The molecule has 26 heavy (non-hydrogen) atoms. The third-order valence-corrected chi connectivity index (χ3v) is 3.87. The second-order valence-corrected chi connectivity index (χ2v) is 5.43. The average Bonchev–Trinajstić information content (AvgIpc) is 3.07. The van der Waals surface area contributed by atoms with Crippen LogP contribution in [0.15, 0.2) is 57.5 Å². The van der Waals surface area contributed by atoms with Crippen LogP contribution in [0.25, 0.3) is 17.4 Å². The largest absolute Gasteiger partial charge is 0.456 e. The van der Waals surface area contributed by atoms with Gasteiger partial charge in [0.25, 0.3) is 17.5 Å². The van der Waals surface area contributed by atoms with Crippen molar-refractivity contribution >= 4 is 23.6 Å². The van der Waals surface area contributed by atoms with Gasteiger partial charge < -0.3 is 4.42 Å². The van der Waals surface area contributed by atoms with E-state index in [4.69, 9.17) is 9.68 Å². The molecule has 2 heterocycles. The highest BCUT2D eigenvalue weighted by molar-refractivity contribution is 6.19. The number of benzene rings is 1. The van der Waals surface area contributed by atoms with E-state index in [9.17, 15) is 19.7 Å². The fraction of sp³-hybridized carbons (Fsp3) is 0.0556. The average molecular weight is 349 g/mol. The summed E-state index contributed by atoms with van der Waals surface area (Å²) in [6.45, 7) is 1.49. The van der Waals surface area contributed by atoms with Gasteiger partial charge in [-0.25, -0.2) is 0 Å². The van der Waals surface area contributed by atoms with Crippen molar-refractivity contribution in [2.45, 2.75) is 6.92 Å². The molecule has 1 aliphatic heterocycles. The Labute approximate surface area is 147 Å². The first-order valence-corrected chi connectivity index (χ1v) is 7.44. The van der Waals surface area contributed by atoms with Gasteiger partial charge in [0.1, 0.15) is 23.2 Å². The molecule has 3 rings (SSSR count). The van der Waals surface area contributed by atoms with E-state index >= 15 is 0 Å². The topological polar surface area (TPSA) is 126 Å². The van der Waals surface area contributed by atoms with Crippen molar-refractivity contribution in [2.75, 3.05) is 0 Å². The summed E-state index contributed by atoms with van der Waals surface area (Å²) in [6, 6.07) is 11.0. The smallest absolute Gasteiger partial charge is 0.280 e. The van der Waals surface area contributed by atoms with Crippen LogP contribution in [-0.2, 0) is 9.59 Å². The van der Waals surface area contributed by atoms with Gasteiger partial charge in [0.2, 0.25) is 0 Å². The van der Waals surface area contributed by atoms with Crippen molar-refractivity contribution in [3.8, 4) is 17.4 Å². The van der Waals surface area contributed by atoms with Crippen LogP contribution in [-0.4, -0.2) is 16.7 Å². The highest BCUT2D eigenvalue weighted by Gasteiger charge is 2.28. The molecule has 1 aromatic carbocycles. The third-order valence-electron chi connectivity index (χ3n) is 3.87. The quantitative estimate of drug-likeness (QED) is 0.393. The summed E-state index contributed by atoms with van der Waals surface area (Å²) < 4.78 is 5.60. The van der Waals surface area contributed by atoms with E-state index in [1.54, 1.807) is 36.4 Å². The molecular weight excluding hydrogens is 338 g/mol. The summed E-state index contributed by atoms with van der Waals surface area (Å²) in [5.41, 5.74) is 0.399. The maximum atomic E-state index is 12.0. The molecule has 0 saturated heterocycles. The molecule has 1 N–H and O–H groups in total. The molecule has 128 valence electrons. The Kier molecular flexibility index (Phi) is 4.21. The number of para-hydroxylation sites is 1. The van der Waals surface area contributed by atoms with Crippen molar-refractivity contribution in [1.29, 1.82) is 5.26 Å². The van der Waals surface area contributed by atoms with E-state index in [1.165, 1.54) is 19.1 Å². The maximum absolute atomic E-state index is 12.0. The van der Waals surface area contributed by atoms with Crippen molar-refractivity contribution in [3.63, 3.8) is 0 Å². The van der Waals surface area contributed by atoms with Crippen molar-refractivity contribution in [2.24, 2.45) is 0 Å². The van der Waals surface area contributed by atoms with Crippen molar-refractivity contribution in [1.82, 2.24) is 5.32 Å². The first-order valence-electron chi connectivity index (χ1n) is 7.44. The normalized spacial score (nSPS) is 15.8. The van der Waals surface area contributed by atoms with E-state index in [0.717, 1.165) is 0 Å². The highest BCUT2D eigenvalue weighted by atomic mass is 16.6. The maximum Gasteiger partial charge on any atom is 0.280 e. The monoisotopic (exact) mass is 349 g/mol. The number of nitrogens with zero attached hydrogens (tertiary/aromatic N) is 2. The minimum Gasteiger partial charge on any atom is -0.456 e. The molecule has 8 nitrogen and oxygen atoms in total. The van der Waals surface area contributed by atoms with E-state index in [2.05, 4.69) is 5.32 Å². The van der Waals surface area contributed by atoms with Crippen molar-refractivity contribution < 1.29 is 18.9 Å². The van der Waals surface area contributed by atoms with E-state index < -0.39 is 16.7 Å². The lowest BCUT2D eigenvalue weighted by molar-refractivity contribution is -0.384. The summed E-state index contributed by atoms with van der Waals surface area (Å²) >= 11 is 0. The number of carbonyl (C=O) groups excluding carboxylic acids is 2. The Morgan fingerprint density at radius 1 is 1.19 bits per heavy atom. The van der Waals surface area contributed by atoms with Gasteiger partial charge in [-0.2, -0.15) is 5.26 Å². The number of imide groups is 1. The number of nitro benzene ring substituents is 1. The molecule has 0 atom stereocenters. The van der Waals surface area contributed by atoms with Gasteiger partial charge in [-0.05, 0) is 36.8 Å². The fourth-order valence-corrected chi connectivity index (χ4v) is 2.58. The zero-order valence-electron chi connectivity index (χ0n) is 13.5. The summed E-state index contributed by atoms with van der Waals surface area (Å²) in [4.78, 5) is 34.3. The second-order valence-electron chi connectivity index (χ2n) is 5.43. The predicted molar refractivity (Wildman–Crippen MR) is 90.2 cm³/mol. The van der Waals surface area contributed by atoms with Gasteiger partial charge >= 0.3 is 0 Å². The molecule has 2 amide bonds. The minimum atomic E-state index is -0.743. The first-order chi connectivity index (χ1) is 12.4. The van der Waals surface area contributed by atoms with Gasteiger partial charge in [0, 0.05) is 11.6 Å². The molecule has 1 aliphatic rings. The zero-order chi connectivity index (χ0) is 18.8. The molecule has 0 unspecified atom stereocenters. The number of carbonyl (C=O) groups is 2. The predicted octanol–water partition coefficient (Wildman–Crippen LogP) is 2.73. The zero-order valence-corrected chi connectivity index (χ0v) is 13.5. The Morgan fingerprint density at radius 2 is 1.92 bits per heavy atom. The molecule has 0 radical (unpaired) electrons. The highest BCUT2D eigenvalue weighted by Crippen LogP contribution is 2.32. The van der Waals surface area contributed by atoms with Gasteiger partial charge in [0.15, 0.2) is 0 Å². The van der Waals surface area contributed by atoms with Gasteiger partial charge in [0.05, 0.1) is 10.5 Å². The second kappa shape index (κ2) is 6.49.